The molecule has 33 heavy (non-hydrogen) atoms. The van der Waals surface area contributed by atoms with E-state index in [-0.39, 0.29) is 10.8 Å². The van der Waals surface area contributed by atoms with Gasteiger partial charge in [-0.3, -0.25) is 4.98 Å². The molecule has 2 aliphatic rings. The molecule has 1 atom stereocenters. The summed E-state index contributed by atoms with van der Waals surface area (Å²) < 4.78 is 67.5. The van der Waals surface area contributed by atoms with Gasteiger partial charge >= 0.3 is 12.1 Å². The number of carboxylic acids is 1. The number of nitrogens with zero attached hydrogens (tertiary/aromatic N) is 3. The number of rotatable bonds is 7. The number of alkyl halides is 3. The second kappa shape index (κ2) is 10.7. The Morgan fingerprint density at radius 2 is 1.91 bits per heavy atom. The summed E-state index contributed by atoms with van der Waals surface area (Å²) in [5.41, 5.74) is 1.03. The lowest BCUT2D eigenvalue weighted by atomic mass is 10.1. The van der Waals surface area contributed by atoms with Crippen molar-refractivity contribution in [3.05, 3.63) is 48.5 Å². The number of aliphatic carboxylic acids is 1. The highest BCUT2D eigenvalue weighted by Crippen LogP contribution is 2.29. The lowest BCUT2D eigenvalue weighted by molar-refractivity contribution is -0.192. The maximum Gasteiger partial charge on any atom is 0.490 e. The fourth-order valence-corrected chi connectivity index (χ4v) is 4.89. The zero-order chi connectivity index (χ0) is 24.1. The van der Waals surface area contributed by atoms with Gasteiger partial charge in [-0.1, -0.05) is 0 Å². The van der Waals surface area contributed by atoms with Crippen molar-refractivity contribution in [2.75, 3.05) is 19.8 Å². The third-order valence-corrected chi connectivity index (χ3v) is 7.21. The molecule has 1 fully saturated rings. The van der Waals surface area contributed by atoms with E-state index < -0.39 is 22.2 Å². The Bertz CT molecular complexity index is 1020. The van der Waals surface area contributed by atoms with Crippen LogP contribution in [0.15, 0.2) is 47.8 Å². The molecule has 2 aromatic rings. The smallest absolute Gasteiger partial charge is 0.475 e. The van der Waals surface area contributed by atoms with Crippen molar-refractivity contribution in [3.8, 4) is 0 Å². The number of carboxylic acid groups (broad SMARTS) is 1. The first-order chi connectivity index (χ1) is 15.6. The summed E-state index contributed by atoms with van der Waals surface area (Å²) in [4.78, 5) is 13.1. The summed E-state index contributed by atoms with van der Waals surface area (Å²) in [5, 5.41) is 7.12. The van der Waals surface area contributed by atoms with Crippen LogP contribution in [-0.4, -0.2) is 59.3 Å². The molecular weight excluding hydrogens is 463 g/mol. The van der Waals surface area contributed by atoms with E-state index in [4.69, 9.17) is 14.6 Å². The molecule has 8 nitrogen and oxygen atoms in total. The van der Waals surface area contributed by atoms with E-state index in [0.717, 1.165) is 31.2 Å². The molecule has 0 spiro atoms. The second-order valence-corrected chi connectivity index (χ2v) is 10.1. The maximum atomic E-state index is 13.1. The molecule has 182 valence electrons. The first kappa shape index (κ1) is 25.2. The Morgan fingerprint density at radius 1 is 1.18 bits per heavy atom. The molecule has 0 radical (unpaired) electrons. The number of hydrogen-bond acceptors (Lipinski definition) is 5. The molecule has 4 rings (SSSR count). The minimum atomic E-state index is -5.08. The van der Waals surface area contributed by atoms with Crippen LogP contribution in [0.2, 0.25) is 0 Å². The summed E-state index contributed by atoms with van der Waals surface area (Å²) >= 11 is 0. The number of sulfonamides is 1. The van der Waals surface area contributed by atoms with Gasteiger partial charge in [-0.05, 0) is 55.4 Å². The lowest BCUT2D eigenvalue weighted by Crippen LogP contribution is -2.34. The van der Waals surface area contributed by atoms with Crippen LogP contribution in [0.5, 0.6) is 0 Å². The van der Waals surface area contributed by atoms with Crippen molar-refractivity contribution in [1.82, 2.24) is 13.9 Å². The van der Waals surface area contributed by atoms with Crippen molar-refractivity contribution in [3.63, 3.8) is 0 Å². The van der Waals surface area contributed by atoms with Crippen molar-refractivity contribution in [2.24, 2.45) is 11.8 Å². The highest BCUT2D eigenvalue weighted by molar-refractivity contribution is 7.89. The minimum absolute atomic E-state index is 0.231. The third-order valence-electron chi connectivity index (χ3n) is 5.41. The van der Waals surface area contributed by atoms with Gasteiger partial charge in [-0.25, -0.2) is 13.2 Å². The Labute approximate surface area is 190 Å². The van der Waals surface area contributed by atoms with E-state index in [1.165, 1.54) is 19.0 Å². The van der Waals surface area contributed by atoms with Crippen LogP contribution in [0.25, 0.3) is 0 Å². The van der Waals surface area contributed by atoms with Crippen molar-refractivity contribution in [1.29, 1.82) is 0 Å². The number of fused-ring (bicyclic) bond motifs is 1. The average molecular weight is 490 g/mol. The molecule has 0 amide bonds. The number of carbonyl (C=O) groups is 1. The molecular formula is C21H26F3N3O5S. The summed E-state index contributed by atoms with van der Waals surface area (Å²) in [5.74, 6) is -1.77. The number of hydrogen-bond donors (Lipinski definition) is 1. The monoisotopic (exact) mass is 489 g/mol. The van der Waals surface area contributed by atoms with Crippen LogP contribution in [-0.2, 0) is 32.6 Å². The fraction of sp³-hybridized carbons (Fsp3) is 0.524. The van der Waals surface area contributed by atoms with Crippen molar-refractivity contribution < 1.29 is 36.2 Å². The maximum absolute atomic E-state index is 13.1. The molecule has 1 unspecified atom stereocenters. The predicted molar refractivity (Wildman–Crippen MR) is 112 cm³/mol. The Balaban J connectivity index is 0.000000383. The second-order valence-electron chi connectivity index (χ2n) is 8.11. The largest absolute Gasteiger partial charge is 0.490 e. The molecule has 1 N–H and O–H groups in total. The quantitative estimate of drug-likeness (QED) is 0.600. The van der Waals surface area contributed by atoms with E-state index in [2.05, 4.69) is 9.55 Å². The minimum Gasteiger partial charge on any atom is -0.475 e. The van der Waals surface area contributed by atoms with Gasteiger partial charge in [-0.2, -0.15) is 17.5 Å². The Morgan fingerprint density at radius 3 is 2.52 bits per heavy atom. The highest BCUT2D eigenvalue weighted by Gasteiger charge is 2.38. The standard InChI is InChI=1S/C19H25N3O3S.C2HF3O2/c23-26(24,19-4-1-8-20-11-19)22-13-17(7-10-25-15-16-5-6-16)12-21-9-2-3-18(21)14-22;3-2(4,5)1(6)7/h1-4,8-9,11,16-17H,5-7,10,12-15H2;(H,6,7). The summed E-state index contributed by atoms with van der Waals surface area (Å²) in [6.45, 7) is 3.27. The molecule has 1 saturated carbocycles. The first-order valence-electron chi connectivity index (χ1n) is 10.5. The van der Waals surface area contributed by atoms with Gasteiger partial charge in [0.15, 0.2) is 0 Å². The number of aromatic nitrogens is 2. The SMILES string of the molecule is O=C(O)C(F)(F)F.O=S(=O)(c1cccnc1)N1Cc2cccn2CC(CCOCC2CC2)C1. The topological polar surface area (TPSA) is 102 Å². The molecule has 3 heterocycles. The Kier molecular flexibility index (Phi) is 8.14. The summed E-state index contributed by atoms with van der Waals surface area (Å²) in [7, 11) is -3.56. The Hall–Kier alpha value is -2.44. The molecule has 0 aromatic carbocycles. The van der Waals surface area contributed by atoms with E-state index in [1.807, 2.05) is 18.3 Å². The van der Waals surface area contributed by atoms with Gasteiger partial charge in [-0.15, -0.1) is 0 Å². The van der Waals surface area contributed by atoms with Gasteiger partial charge in [0, 0.05) is 50.6 Å². The van der Waals surface area contributed by atoms with Gasteiger partial charge in [0.25, 0.3) is 0 Å². The number of ether oxygens (including phenoxy) is 1. The molecule has 2 aromatic heterocycles. The molecule has 0 bridgehead atoms. The van der Waals surface area contributed by atoms with E-state index in [1.54, 1.807) is 22.6 Å². The number of pyridine rings is 1. The van der Waals surface area contributed by atoms with Crippen LogP contribution in [0, 0.1) is 11.8 Å². The first-order valence-corrected chi connectivity index (χ1v) is 11.9. The fourth-order valence-electron chi connectivity index (χ4n) is 3.44. The third kappa shape index (κ3) is 7.27. The predicted octanol–water partition coefficient (Wildman–Crippen LogP) is 3.15. The zero-order valence-corrected chi connectivity index (χ0v) is 18.6. The van der Waals surface area contributed by atoms with Gasteiger partial charge in [0.05, 0.1) is 6.54 Å². The molecule has 12 heteroatoms. The van der Waals surface area contributed by atoms with Gasteiger partial charge in [0.1, 0.15) is 4.90 Å². The summed E-state index contributed by atoms with van der Waals surface area (Å²) in [6.07, 6.45) is 3.40. The van der Waals surface area contributed by atoms with Crippen LogP contribution < -0.4 is 0 Å². The van der Waals surface area contributed by atoms with Crippen LogP contribution >= 0.6 is 0 Å². The van der Waals surface area contributed by atoms with Crippen LogP contribution in [0.3, 0.4) is 0 Å². The lowest BCUT2D eigenvalue weighted by Gasteiger charge is -2.23. The van der Waals surface area contributed by atoms with Crippen LogP contribution in [0.4, 0.5) is 13.2 Å². The van der Waals surface area contributed by atoms with E-state index >= 15 is 0 Å². The van der Waals surface area contributed by atoms with Crippen molar-refractivity contribution in [2.45, 2.75) is 43.4 Å². The van der Waals surface area contributed by atoms with Crippen LogP contribution in [0.1, 0.15) is 25.0 Å². The molecule has 1 aliphatic heterocycles. The average Bonchev–Trinajstić information content (AvgIpc) is 3.53. The number of halogens is 3. The van der Waals surface area contributed by atoms with Gasteiger partial charge < -0.3 is 14.4 Å². The van der Waals surface area contributed by atoms with E-state index in [9.17, 15) is 21.6 Å². The normalized spacial score (nSPS) is 19.2. The van der Waals surface area contributed by atoms with Crippen molar-refractivity contribution >= 4 is 16.0 Å². The van der Waals surface area contributed by atoms with Gasteiger partial charge in [0.2, 0.25) is 10.0 Å². The van der Waals surface area contributed by atoms with E-state index in [0.29, 0.717) is 19.7 Å². The molecule has 1 aliphatic carbocycles. The summed E-state index contributed by atoms with van der Waals surface area (Å²) in [6, 6.07) is 7.25. The zero-order valence-electron chi connectivity index (χ0n) is 17.8. The molecule has 0 saturated heterocycles. The highest BCUT2D eigenvalue weighted by atomic mass is 32.2.